The van der Waals surface area contributed by atoms with Crippen LogP contribution >= 0.6 is 0 Å². The van der Waals surface area contributed by atoms with Crippen molar-refractivity contribution >= 4 is 0 Å². The van der Waals surface area contributed by atoms with Crippen LogP contribution in [-0.4, -0.2) is 0 Å². The van der Waals surface area contributed by atoms with E-state index in [1.54, 1.807) is 0 Å². The molecule has 0 nitrogen and oxygen atoms in total. The first kappa shape index (κ1) is 22.6. The van der Waals surface area contributed by atoms with E-state index in [0.29, 0.717) is 0 Å². The Bertz CT molecular complexity index is 195. The number of hydrogen-bond acceptors (Lipinski definition) is 0. The number of allylic oxidation sites excluding steroid dienone is 4. The average Bonchev–Trinajstić information content (AvgIpc) is 3.15. The second-order valence-corrected chi connectivity index (χ2v) is 4.15. The second kappa shape index (κ2) is 19.4. The van der Waals surface area contributed by atoms with Gasteiger partial charge in [-0.25, -0.2) is 0 Å². The van der Waals surface area contributed by atoms with Gasteiger partial charge >= 0.3 is 0 Å². The van der Waals surface area contributed by atoms with Crippen LogP contribution in [0.15, 0.2) is 23.8 Å². The number of unbranched alkanes of at least 4 members (excludes halogenated alkanes) is 1. The SMILES string of the molecule is C/C=C(C)/C=C/CCC.[CH]1[CH][CH][CH][CH]1.[CH]1[CH][CH][CH][CH]1.[Zr]. The molecule has 0 aromatic rings. The van der Waals surface area contributed by atoms with Crippen molar-refractivity contribution in [1.29, 1.82) is 0 Å². The third-order valence-electron chi connectivity index (χ3n) is 2.40. The van der Waals surface area contributed by atoms with Crippen molar-refractivity contribution in [2.75, 3.05) is 0 Å². The Hall–Kier alpha value is 0.363. The van der Waals surface area contributed by atoms with Crippen molar-refractivity contribution in [2.24, 2.45) is 0 Å². The van der Waals surface area contributed by atoms with Crippen LogP contribution in [0, 0.1) is 64.2 Å². The Balaban J connectivity index is 0. The summed E-state index contributed by atoms with van der Waals surface area (Å²) in [5.41, 5.74) is 1.35. The van der Waals surface area contributed by atoms with Crippen molar-refractivity contribution in [1.82, 2.24) is 0 Å². The normalized spacial score (nSPS) is 17.9. The van der Waals surface area contributed by atoms with Crippen LogP contribution in [0.3, 0.4) is 0 Å². The topological polar surface area (TPSA) is 0 Å². The summed E-state index contributed by atoms with van der Waals surface area (Å²) in [7, 11) is 0. The van der Waals surface area contributed by atoms with Crippen molar-refractivity contribution < 1.29 is 26.2 Å². The zero-order chi connectivity index (χ0) is 14.2. The standard InChI is InChI=1S/C9H16.2C5H5.Zr/c1-4-6-7-8-9(3)5-2;2*1-2-4-5-3-1;/h5,7-8H,4,6H2,1-3H3;2*1-5H;/b8-7+,9-5+;;;. The molecule has 0 atom stereocenters. The Morgan fingerprint density at radius 1 is 0.800 bits per heavy atom. The van der Waals surface area contributed by atoms with Gasteiger partial charge in [-0.05, 0) is 84.5 Å². The average molecular weight is 346 g/mol. The fourth-order valence-electron chi connectivity index (χ4n) is 1.17. The van der Waals surface area contributed by atoms with E-state index in [-0.39, 0.29) is 26.2 Å². The van der Waals surface area contributed by atoms with Crippen LogP contribution in [0.5, 0.6) is 0 Å². The molecule has 2 aliphatic carbocycles. The molecule has 0 aromatic carbocycles. The molecule has 0 unspecified atom stereocenters. The number of rotatable bonds is 3. The molecule has 10 radical (unpaired) electrons. The molecule has 106 valence electrons. The smallest absolute Gasteiger partial charge is 0 e. The van der Waals surface area contributed by atoms with Crippen molar-refractivity contribution in [3.63, 3.8) is 0 Å². The molecule has 0 heterocycles. The van der Waals surface area contributed by atoms with Gasteiger partial charge in [-0.1, -0.05) is 37.1 Å². The molecule has 0 N–H and O–H groups in total. The minimum atomic E-state index is 0. The molecule has 0 aliphatic heterocycles. The number of hydrogen-bond donors (Lipinski definition) is 0. The maximum Gasteiger partial charge on any atom is 0 e. The Morgan fingerprint density at radius 2 is 1.15 bits per heavy atom. The molecule has 0 amide bonds. The zero-order valence-corrected chi connectivity index (χ0v) is 15.4. The molecule has 20 heavy (non-hydrogen) atoms. The van der Waals surface area contributed by atoms with E-state index in [0.717, 1.165) is 0 Å². The van der Waals surface area contributed by atoms with Crippen LogP contribution in [-0.2, 0) is 26.2 Å². The van der Waals surface area contributed by atoms with Gasteiger partial charge in [-0.2, -0.15) is 0 Å². The van der Waals surface area contributed by atoms with Crippen LogP contribution < -0.4 is 0 Å². The van der Waals surface area contributed by atoms with E-state index in [1.165, 1.54) is 18.4 Å². The summed E-state index contributed by atoms with van der Waals surface area (Å²) < 4.78 is 0. The van der Waals surface area contributed by atoms with E-state index in [2.05, 4.69) is 39.0 Å². The predicted octanol–water partition coefficient (Wildman–Crippen LogP) is 5.35. The van der Waals surface area contributed by atoms with Crippen LogP contribution in [0.2, 0.25) is 0 Å². The molecule has 2 saturated carbocycles. The maximum atomic E-state index is 2.22. The predicted molar refractivity (Wildman–Crippen MR) is 86.5 cm³/mol. The first-order valence-electron chi connectivity index (χ1n) is 6.94. The second-order valence-electron chi connectivity index (χ2n) is 4.15. The van der Waals surface area contributed by atoms with Gasteiger partial charge < -0.3 is 0 Å². The summed E-state index contributed by atoms with van der Waals surface area (Å²) in [5, 5.41) is 0. The van der Waals surface area contributed by atoms with Gasteiger partial charge in [-0.3, -0.25) is 0 Å². The maximum absolute atomic E-state index is 2.22. The monoisotopic (exact) mass is 344 g/mol. The fourth-order valence-corrected chi connectivity index (χ4v) is 1.17. The van der Waals surface area contributed by atoms with Gasteiger partial charge in [-0.15, -0.1) is 0 Å². The van der Waals surface area contributed by atoms with Crippen LogP contribution in [0.25, 0.3) is 0 Å². The van der Waals surface area contributed by atoms with E-state index < -0.39 is 0 Å². The molecule has 0 spiro atoms. The molecule has 0 aromatic heterocycles. The Kier molecular flexibility index (Phi) is 21.9. The quantitative estimate of drug-likeness (QED) is 0.605. The minimum Gasteiger partial charge on any atom is -0.0847 e. The summed E-state index contributed by atoms with van der Waals surface area (Å²) in [5.74, 6) is 0. The summed E-state index contributed by atoms with van der Waals surface area (Å²) in [4.78, 5) is 0. The van der Waals surface area contributed by atoms with E-state index >= 15 is 0 Å². The van der Waals surface area contributed by atoms with E-state index in [1.807, 2.05) is 64.2 Å². The Morgan fingerprint density at radius 3 is 1.40 bits per heavy atom. The van der Waals surface area contributed by atoms with Crippen LogP contribution in [0.1, 0.15) is 33.6 Å². The van der Waals surface area contributed by atoms with Crippen molar-refractivity contribution in [3.8, 4) is 0 Å². The van der Waals surface area contributed by atoms with Crippen molar-refractivity contribution in [2.45, 2.75) is 33.6 Å². The molecule has 0 saturated heterocycles. The van der Waals surface area contributed by atoms with Crippen molar-refractivity contribution in [3.05, 3.63) is 88.0 Å². The van der Waals surface area contributed by atoms with Gasteiger partial charge in [0, 0.05) is 26.2 Å². The minimum absolute atomic E-state index is 0. The third-order valence-corrected chi connectivity index (χ3v) is 2.40. The zero-order valence-electron chi connectivity index (χ0n) is 12.9. The van der Waals surface area contributed by atoms with Gasteiger partial charge in [0.1, 0.15) is 0 Å². The molecule has 2 aliphatic rings. The molecular weight excluding hydrogens is 319 g/mol. The van der Waals surface area contributed by atoms with E-state index in [4.69, 9.17) is 0 Å². The summed E-state index contributed by atoms with van der Waals surface area (Å²) in [6, 6.07) is 0. The molecular formula is C19H26Zr. The Labute approximate surface area is 147 Å². The van der Waals surface area contributed by atoms with Gasteiger partial charge in [0.15, 0.2) is 0 Å². The molecule has 2 rings (SSSR count). The fraction of sp³-hybridized carbons (Fsp3) is 0.263. The third kappa shape index (κ3) is 18.4. The summed E-state index contributed by atoms with van der Waals surface area (Å²) in [6.45, 7) is 6.37. The molecule has 0 bridgehead atoms. The van der Waals surface area contributed by atoms with E-state index in [9.17, 15) is 0 Å². The molecule has 2 fully saturated rings. The summed E-state index contributed by atoms with van der Waals surface area (Å²) in [6.07, 6.45) is 28.9. The molecule has 1 heteroatoms. The first-order valence-corrected chi connectivity index (χ1v) is 6.94. The van der Waals surface area contributed by atoms with Gasteiger partial charge in [0.2, 0.25) is 0 Å². The largest absolute Gasteiger partial charge is 0.0847 e. The van der Waals surface area contributed by atoms with Crippen LogP contribution in [0.4, 0.5) is 0 Å². The summed E-state index contributed by atoms with van der Waals surface area (Å²) >= 11 is 0. The first-order chi connectivity index (χ1) is 9.31. The van der Waals surface area contributed by atoms with Gasteiger partial charge in [0.05, 0.1) is 0 Å². The van der Waals surface area contributed by atoms with Gasteiger partial charge in [0.25, 0.3) is 0 Å².